The molecule has 0 bridgehead atoms. The highest BCUT2D eigenvalue weighted by atomic mass is 19.4. The van der Waals surface area contributed by atoms with Crippen molar-refractivity contribution in [3.63, 3.8) is 0 Å². The summed E-state index contributed by atoms with van der Waals surface area (Å²) < 4.78 is 74.4. The van der Waals surface area contributed by atoms with Crippen molar-refractivity contribution in [2.75, 3.05) is 19.6 Å². The highest BCUT2D eigenvalue weighted by molar-refractivity contribution is 5.76. The van der Waals surface area contributed by atoms with E-state index in [0.717, 1.165) is 0 Å². The molecule has 0 amide bonds. The number of halogens is 6. The van der Waals surface area contributed by atoms with Crippen molar-refractivity contribution in [2.24, 2.45) is 5.41 Å². The number of rotatable bonds is 3. The van der Waals surface area contributed by atoms with E-state index in [-0.39, 0.29) is 0 Å². The number of likely N-dealkylation sites (tertiary alicyclic amines) is 1. The van der Waals surface area contributed by atoms with Crippen LogP contribution in [0.15, 0.2) is 0 Å². The van der Waals surface area contributed by atoms with Gasteiger partial charge in [0.25, 0.3) is 0 Å². The molecule has 0 radical (unpaired) electrons. The first-order valence-electron chi connectivity index (χ1n) is 5.17. The van der Waals surface area contributed by atoms with Crippen LogP contribution in [-0.2, 0) is 4.79 Å². The quantitative estimate of drug-likeness (QED) is 0.769. The molecule has 1 rings (SSSR count). The fourth-order valence-corrected chi connectivity index (χ4v) is 1.92. The number of carbonyl (C=O) groups is 1. The predicted molar refractivity (Wildman–Crippen MR) is 49.2 cm³/mol. The molecule has 0 saturated carbocycles. The number of β-amino-alcohol motifs (C(OH)–C–C–N with tert-alkyl or cyclic N) is 1. The van der Waals surface area contributed by atoms with E-state index in [0.29, 0.717) is 4.90 Å². The van der Waals surface area contributed by atoms with E-state index in [1.807, 2.05) is 0 Å². The van der Waals surface area contributed by atoms with Gasteiger partial charge >= 0.3 is 18.3 Å². The largest absolute Gasteiger partial charge is 0.481 e. The molecule has 1 aliphatic heterocycles. The Labute approximate surface area is 103 Å². The average Bonchev–Trinajstić information content (AvgIpc) is 2.60. The molecular formula is C9H11F6NO3. The third-order valence-corrected chi connectivity index (χ3v) is 3.11. The van der Waals surface area contributed by atoms with Crippen LogP contribution < -0.4 is 0 Å². The Morgan fingerprint density at radius 1 is 1.26 bits per heavy atom. The van der Waals surface area contributed by atoms with Gasteiger partial charge in [-0.15, -0.1) is 0 Å². The molecule has 0 spiro atoms. The van der Waals surface area contributed by atoms with Crippen LogP contribution >= 0.6 is 0 Å². The van der Waals surface area contributed by atoms with Crippen LogP contribution in [0.5, 0.6) is 0 Å². The van der Waals surface area contributed by atoms with Crippen LogP contribution in [0, 0.1) is 5.41 Å². The summed E-state index contributed by atoms with van der Waals surface area (Å²) in [4.78, 5) is 11.4. The minimum absolute atomic E-state index is 0.473. The molecule has 1 fully saturated rings. The van der Waals surface area contributed by atoms with Gasteiger partial charge < -0.3 is 10.2 Å². The maximum absolute atomic E-state index is 12.7. The predicted octanol–water partition coefficient (Wildman–Crippen LogP) is 1.25. The number of alkyl halides is 6. The van der Waals surface area contributed by atoms with Crippen LogP contribution in [0.1, 0.15) is 6.42 Å². The molecule has 0 aromatic heterocycles. The van der Waals surface area contributed by atoms with Gasteiger partial charge in [-0.25, -0.2) is 0 Å². The Morgan fingerprint density at radius 3 is 2.11 bits per heavy atom. The van der Waals surface area contributed by atoms with E-state index >= 15 is 0 Å². The molecule has 4 nitrogen and oxygen atoms in total. The van der Waals surface area contributed by atoms with Crippen molar-refractivity contribution in [1.29, 1.82) is 0 Å². The molecule has 1 aliphatic rings. The van der Waals surface area contributed by atoms with Crippen molar-refractivity contribution in [3.8, 4) is 0 Å². The number of hydrogen-bond donors (Lipinski definition) is 2. The van der Waals surface area contributed by atoms with E-state index in [1.165, 1.54) is 0 Å². The maximum atomic E-state index is 12.7. The van der Waals surface area contributed by atoms with Gasteiger partial charge in [0.1, 0.15) is 0 Å². The van der Waals surface area contributed by atoms with E-state index in [2.05, 4.69) is 0 Å². The first-order valence-corrected chi connectivity index (χ1v) is 5.17. The normalized spacial score (nSPS) is 27.5. The second kappa shape index (κ2) is 4.82. The van der Waals surface area contributed by atoms with Gasteiger partial charge in [-0.05, 0) is 13.0 Å². The maximum Gasteiger partial charge on any atom is 0.415 e. The number of aliphatic hydroxyl groups is 1. The van der Waals surface area contributed by atoms with E-state index < -0.39 is 55.9 Å². The highest BCUT2D eigenvalue weighted by Crippen LogP contribution is 2.45. The second-order valence-corrected chi connectivity index (χ2v) is 4.43. The monoisotopic (exact) mass is 295 g/mol. The van der Waals surface area contributed by atoms with E-state index in [9.17, 15) is 31.1 Å². The zero-order chi connectivity index (χ0) is 15.1. The summed E-state index contributed by atoms with van der Waals surface area (Å²) in [5.74, 6) is -2.12. The lowest BCUT2D eigenvalue weighted by atomic mass is 9.86. The Bertz CT molecular complexity index is 355. The summed E-state index contributed by atoms with van der Waals surface area (Å²) in [6.07, 6.45) is -13.6. The van der Waals surface area contributed by atoms with Crippen molar-refractivity contribution in [3.05, 3.63) is 0 Å². The van der Waals surface area contributed by atoms with Crippen LogP contribution in [0.4, 0.5) is 26.3 Å². The number of nitrogens with zero attached hydrogens (tertiary/aromatic N) is 1. The lowest BCUT2D eigenvalue weighted by Crippen LogP contribution is -2.48. The smallest absolute Gasteiger partial charge is 0.415 e. The number of aliphatic carboxylic acids is 1. The Morgan fingerprint density at radius 2 is 1.79 bits per heavy atom. The number of aliphatic hydroxyl groups excluding tert-OH is 1. The summed E-state index contributed by atoms with van der Waals surface area (Å²) in [6.45, 7) is -2.65. The van der Waals surface area contributed by atoms with Gasteiger partial charge in [-0.2, -0.15) is 26.3 Å². The molecule has 0 aromatic rings. The first-order chi connectivity index (χ1) is 8.40. The topological polar surface area (TPSA) is 60.8 Å². The lowest BCUT2D eigenvalue weighted by molar-refractivity contribution is -0.229. The molecule has 2 unspecified atom stereocenters. The standard InChI is InChI=1S/C9H11F6NO3/c10-8(11,12)5(17)3-16-2-1-7(4-16,6(18)19)9(13,14)15/h5,17H,1-4H2,(H,18,19). The SMILES string of the molecule is O=C(O)C1(C(F)(F)F)CCN(CC(O)C(F)(F)F)C1. The van der Waals surface area contributed by atoms with Gasteiger partial charge in [0.15, 0.2) is 11.5 Å². The van der Waals surface area contributed by atoms with Gasteiger partial charge in [0, 0.05) is 13.1 Å². The third kappa shape index (κ3) is 3.11. The fourth-order valence-electron chi connectivity index (χ4n) is 1.92. The fraction of sp³-hybridized carbons (Fsp3) is 0.889. The van der Waals surface area contributed by atoms with Gasteiger partial charge in [0.05, 0.1) is 0 Å². The van der Waals surface area contributed by atoms with Crippen LogP contribution in [0.2, 0.25) is 0 Å². The zero-order valence-corrected chi connectivity index (χ0v) is 9.42. The Balaban J connectivity index is 2.79. The van der Waals surface area contributed by atoms with E-state index in [1.54, 1.807) is 0 Å². The second-order valence-electron chi connectivity index (χ2n) is 4.43. The Kier molecular flexibility index (Phi) is 4.06. The first kappa shape index (κ1) is 16.0. The number of carboxylic acids is 1. The van der Waals surface area contributed by atoms with Crippen molar-refractivity contribution in [1.82, 2.24) is 4.90 Å². The van der Waals surface area contributed by atoms with Crippen LogP contribution in [0.3, 0.4) is 0 Å². The molecule has 0 aromatic carbocycles. The summed E-state index contributed by atoms with van der Waals surface area (Å²) in [5.41, 5.74) is -3.07. The minimum atomic E-state index is -5.06. The highest BCUT2D eigenvalue weighted by Gasteiger charge is 2.63. The number of hydrogen-bond acceptors (Lipinski definition) is 3. The number of carboxylic acid groups (broad SMARTS) is 1. The molecular weight excluding hydrogens is 284 g/mol. The average molecular weight is 295 g/mol. The van der Waals surface area contributed by atoms with E-state index in [4.69, 9.17) is 10.2 Å². The third-order valence-electron chi connectivity index (χ3n) is 3.11. The van der Waals surface area contributed by atoms with Crippen LogP contribution in [-0.4, -0.2) is 59.2 Å². The van der Waals surface area contributed by atoms with Crippen molar-refractivity contribution in [2.45, 2.75) is 24.9 Å². The zero-order valence-electron chi connectivity index (χ0n) is 9.42. The molecule has 112 valence electrons. The molecule has 1 heterocycles. The molecule has 2 atom stereocenters. The molecule has 19 heavy (non-hydrogen) atoms. The van der Waals surface area contributed by atoms with Gasteiger partial charge in [-0.3, -0.25) is 9.69 Å². The molecule has 1 saturated heterocycles. The summed E-state index contributed by atoms with van der Waals surface area (Å²) in [7, 11) is 0. The summed E-state index contributed by atoms with van der Waals surface area (Å²) in [6, 6.07) is 0. The van der Waals surface area contributed by atoms with Crippen molar-refractivity contribution >= 4 is 5.97 Å². The van der Waals surface area contributed by atoms with Gasteiger partial charge in [0.2, 0.25) is 0 Å². The van der Waals surface area contributed by atoms with Crippen molar-refractivity contribution < 1.29 is 41.4 Å². The van der Waals surface area contributed by atoms with Gasteiger partial charge in [-0.1, -0.05) is 0 Å². The molecule has 10 heteroatoms. The molecule has 0 aliphatic carbocycles. The lowest BCUT2D eigenvalue weighted by Gasteiger charge is -2.28. The molecule has 2 N–H and O–H groups in total. The Hall–Kier alpha value is -1.03. The summed E-state index contributed by atoms with van der Waals surface area (Å²) in [5, 5.41) is 17.4. The van der Waals surface area contributed by atoms with Crippen LogP contribution in [0.25, 0.3) is 0 Å². The summed E-state index contributed by atoms with van der Waals surface area (Å²) >= 11 is 0. The minimum Gasteiger partial charge on any atom is -0.481 e.